The lowest BCUT2D eigenvalue weighted by atomic mass is 9.87. The second-order valence-electron chi connectivity index (χ2n) is 5.89. The molecule has 0 bridgehead atoms. The molecular formula is C16H25NO2S. The quantitative estimate of drug-likeness (QED) is 0.907. The normalized spacial score (nSPS) is 18.1. The molecular weight excluding hydrogens is 270 g/mol. The Morgan fingerprint density at radius 1 is 1.55 bits per heavy atom. The molecule has 4 heteroatoms. The largest absolute Gasteiger partial charge is 0.395 e. The number of nitrogens with zero attached hydrogens (tertiary/aromatic N) is 1. The zero-order valence-electron chi connectivity index (χ0n) is 12.7. The molecule has 1 heterocycles. The molecule has 112 valence electrons. The molecule has 0 spiro atoms. The third-order valence-electron chi connectivity index (χ3n) is 4.20. The Hall–Kier alpha value is -0.870. The second-order valence-corrected chi connectivity index (χ2v) is 7.03. The number of carbonyl (C=O) groups is 1. The summed E-state index contributed by atoms with van der Waals surface area (Å²) in [6.45, 7) is 6.67. The van der Waals surface area contributed by atoms with E-state index in [-0.39, 0.29) is 18.6 Å². The number of hydrogen-bond acceptors (Lipinski definition) is 3. The van der Waals surface area contributed by atoms with Crippen molar-refractivity contribution in [2.75, 3.05) is 13.2 Å². The number of aryl methyl sites for hydroxylation is 1. The van der Waals surface area contributed by atoms with Crippen LogP contribution in [0.1, 0.15) is 53.7 Å². The van der Waals surface area contributed by atoms with Gasteiger partial charge in [0, 0.05) is 17.5 Å². The number of thiophene rings is 1. The van der Waals surface area contributed by atoms with E-state index >= 15 is 0 Å². The molecule has 20 heavy (non-hydrogen) atoms. The highest BCUT2D eigenvalue weighted by atomic mass is 32.1. The highest BCUT2D eigenvalue weighted by Crippen LogP contribution is 2.34. The van der Waals surface area contributed by atoms with Gasteiger partial charge in [0.05, 0.1) is 11.5 Å². The van der Waals surface area contributed by atoms with Crippen LogP contribution in [0, 0.1) is 5.92 Å². The van der Waals surface area contributed by atoms with Gasteiger partial charge in [-0.1, -0.05) is 13.3 Å². The summed E-state index contributed by atoms with van der Waals surface area (Å²) in [4.78, 5) is 16.6. The number of aliphatic hydroxyl groups excluding tert-OH is 1. The van der Waals surface area contributed by atoms with Gasteiger partial charge >= 0.3 is 0 Å². The number of amides is 1. The van der Waals surface area contributed by atoms with Crippen LogP contribution in [0.4, 0.5) is 0 Å². The van der Waals surface area contributed by atoms with E-state index in [0.29, 0.717) is 6.54 Å². The van der Waals surface area contributed by atoms with Crippen molar-refractivity contribution in [3.63, 3.8) is 0 Å². The zero-order valence-corrected chi connectivity index (χ0v) is 13.5. The van der Waals surface area contributed by atoms with Crippen LogP contribution in [0.3, 0.4) is 0 Å². The van der Waals surface area contributed by atoms with E-state index in [2.05, 4.69) is 13.0 Å². The lowest BCUT2D eigenvalue weighted by Gasteiger charge is -2.25. The monoisotopic (exact) mass is 295 g/mol. The van der Waals surface area contributed by atoms with Gasteiger partial charge in [-0.05, 0) is 50.7 Å². The number of rotatable bonds is 5. The number of fused-ring (bicyclic) bond motifs is 1. The van der Waals surface area contributed by atoms with Crippen molar-refractivity contribution < 1.29 is 9.90 Å². The van der Waals surface area contributed by atoms with Crippen LogP contribution in [0.25, 0.3) is 0 Å². The minimum atomic E-state index is 0.0208. The summed E-state index contributed by atoms with van der Waals surface area (Å²) in [5.41, 5.74) is 1.38. The first-order valence-electron chi connectivity index (χ1n) is 7.60. The maximum Gasteiger partial charge on any atom is 0.264 e. The van der Waals surface area contributed by atoms with Crippen molar-refractivity contribution in [1.29, 1.82) is 0 Å². The molecule has 2 rings (SSSR count). The van der Waals surface area contributed by atoms with Gasteiger partial charge in [0.25, 0.3) is 5.91 Å². The maximum atomic E-state index is 12.6. The average molecular weight is 295 g/mol. The van der Waals surface area contributed by atoms with Gasteiger partial charge in [0.15, 0.2) is 0 Å². The number of aliphatic hydroxyl groups is 1. The van der Waals surface area contributed by atoms with E-state index in [0.717, 1.165) is 23.6 Å². The van der Waals surface area contributed by atoms with Crippen molar-refractivity contribution in [1.82, 2.24) is 4.90 Å². The highest BCUT2D eigenvalue weighted by molar-refractivity contribution is 7.14. The van der Waals surface area contributed by atoms with Crippen LogP contribution in [0.15, 0.2) is 6.07 Å². The van der Waals surface area contributed by atoms with Crippen molar-refractivity contribution in [3.8, 4) is 0 Å². The predicted octanol–water partition coefficient (Wildman–Crippen LogP) is 3.11. The molecule has 1 aliphatic rings. The van der Waals surface area contributed by atoms with Gasteiger partial charge < -0.3 is 10.0 Å². The van der Waals surface area contributed by atoms with Crippen LogP contribution in [0.5, 0.6) is 0 Å². The number of hydrogen-bond donors (Lipinski definition) is 1. The average Bonchev–Trinajstić information content (AvgIpc) is 2.86. The van der Waals surface area contributed by atoms with Crippen molar-refractivity contribution in [2.45, 2.75) is 52.5 Å². The summed E-state index contributed by atoms with van der Waals surface area (Å²) in [5, 5.41) is 9.12. The van der Waals surface area contributed by atoms with Gasteiger partial charge in [-0.3, -0.25) is 4.79 Å². The maximum absolute atomic E-state index is 12.6. The Bertz CT molecular complexity index is 467. The van der Waals surface area contributed by atoms with Crippen LogP contribution in [-0.4, -0.2) is 35.1 Å². The Labute approximate surface area is 125 Å². The van der Waals surface area contributed by atoms with E-state index in [1.165, 1.54) is 23.3 Å². The summed E-state index contributed by atoms with van der Waals surface area (Å²) < 4.78 is 0. The SMILES string of the molecule is CCC1CCc2sc(C(=O)N(CCO)C(C)C)cc2C1. The molecule has 1 aromatic rings. The lowest BCUT2D eigenvalue weighted by molar-refractivity contribution is 0.0670. The fraction of sp³-hybridized carbons (Fsp3) is 0.688. The standard InChI is InChI=1S/C16H25NO2S/c1-4-12-5-6-14-13(9-12)10-15(20-14)16(19)17(7-8-18)11(2)3/h10-12,18H,4-9H2,1-3H3. The molecule has 1 aliphatic carbocycles. The zero-order chi connectivity index (χ0) is 14.7. The molecule has 1 N–H and O–H groups in total. The van der Waals surface area contributed by atoms with E-state index < -0.39 is 0 Å². The number of carbonyl (C=O) groups excluding carboxylic acids is 1. The Morgan fingerprint density at radius 3 is 2.90 bits per heavy atom. The molecule has 1 aromatic heterocycles. The molecule has 0 saturated heterocycles. The van der Waals surface area contributed by atoms with Gasteiger partial charge in [-0.2, -0.15) is 0 Å². The molecule has 3 nitrogen and oxygen atoms in total. The van der Waals surface area contributed by atoms with E-state index in [1.807, 2.05) is 13.8 Å². The molecule has 0 aliphatic heterocycles. The summed E-state index contributed by atoms with van der Waals surface area (Å²) in [7, 11) is 0. The molecule has 0 saturated carbocycles. The molecule has 1 atom stereocenters. The third kappa shape index (κ3) is 3.23. The minimum absolute atomic E-state index is 0.0208. The Kier molecular flexibility index (Phi) is 5.22. The van der Waals surface area contributed by atoms with Gasteiger partial charge in [0.2, 0.25) is 0 Å². The first-order valence-corrected chi connectivity index (χ1v) is 8.41. The van der Waals surface area contributed by atoms with Crippen LogP contribution in [0.2, 0.25) is 0 Å². The smallest absolute Gasteiger partial charge is 0.264 e. The molecule has 1 unspecified atom stereocenters. The second kappa shape index (κ2) is 6.72. The first kappa shape index (κ1) is 15.5. The Morgan fingerprint density at radius 2 is 2.30 bits per heavy atom. The lowest BCUT2D eigenvalue weighted by Crippen LogP contribution is -2.38. The Balaban J connectivity index is 2.17. The van der Waals surface area contributed by atoms with Gasteiger partial charge in [-0.15, -0.1) is 11.3 Å². The summed E-state index contributed by atoms with van der Waals surface area (Å²) in [5.74, 6) is 0.847. The van der Waals surface area contributed by atoms with Gasteiger partial charge in [-0.25, -0.2) is 0 Å². The minimum Gasteiger partial charge on any atom is -0.395 e. The van der Waals surface area contributed by atoms with E-state index in [4.69, 9.17) is 5.11 Å². The van der Waals surface area contributed by atoms with Crippen LogP contribution in [-0.2, 0) is 12.8 Å². The first-order chi connectivity index (χ1) is 9.56. The van der Waals surface area contributed by atoms with Crippen molar-refractivity contribution in [2.24, 2.45) is 5.92 Å². The summed E-state index contributed by atoms with van der Waals surface area (Å²) in [6, 6.07) is 2.22. The summed E-state index contributed by atoms with van der Waals surface area (Å²) >= 11 is 1.65. The van der Waals surface area contributed by atoms with Crippen LogP contribution < -0.4 is 0 Å². The van der Waals surface area contributed by atoms with Crippen molar-refractivity contribution in [3.05, 3.63) is 21.4 Å². The van der Waals surface area contributed by atoms with Crippen LogP contribution >= 0.6 is 11.3 Å². The highest BCUT2D eigenvalue weighted by Gasteiger charge is 2.25. The van der Waals surface area contributed by atoms with Crippen molar-refractivity contribution >= 4 is 17.2 Å². The topological polar surface area (TPSA) is 40.5 Å². The fourth-order valence-corrected chi connectivity index (χ4v) is 4.06. The van der Waals surface area contributed by atoms with E-state index in [9.17, 15) is 4.79 Å². The molecule has 1 amide bonds. The third-order valence-corrected chi connectivity index (χ3v) is 5.42. The molecule has 0 fully saturated rings. The molecule has 0 radical (unpaired) electrons. The molecule has 0 aromatic carbocycles. The fourth-order valence-electron chi connectivity index (χ4n) is 2.90. The van der Waals surface area contributed by atoms with Gasteiger partial charge in [0.1, 0.15) is 0 Å². The summed E-state index contributed by atoms with van der Waals surface area (Å²) in [6.07, 6.45) is 4.72. The predicted molar refractivity (Wildman–Crippen MR) is 83.4 cm³/mol. The van der Waals surface area contributed by atoms with E-state index in [1.54, 1.807) is 16.2 Å².